The van der Waals surface area contributed by atoms with Gasteiger partial charge in [0.2, 0.25) is 0 Å². The number of nitrogens with zero attached hydrogens (tertiary/aromatic N) is 1. The molecule has 2 aromatic rings. The second-order valence-corrected chi connectivity index (χ2v) is 6.44. The lowest BCUT2D eigenvalue weighted by Gasteiger charge is -2.10. The van der Waals surface area contributed by atoms with Crippen molar-refractivity contribution < 1.29 is 17.9 Å². The highest BCUT2D eigenvalue weighted by molar-refractivity contribution is 9.10. The van der Waals surface area contributed by atoms with Crippen molar-refractivity contribution in [1.29, 1.82) is 0 Å². The topological polar surface area (TPSA) is 85.4 Å². The average molecular weight is 371 g/mol. The first-order valence-corrected chi connectivity index (χ1v) is 8.03. The van der Waals surface area contributed by atoms with Crippen LogP contribution in [0.4, 0.5) is 5.69 Å². The van der Waals surface area contributed by atoms with E-state index in [1.54, 1.807) is 12.1 Å². The number of esters is 1. The number of rotatable bonds is 4. The van der Waals surface area contributed by atoms with E-state index in [0.29, 0.717) is 15.7 Å². The molecule has 110 valence electrons. The van der Waals surface area contributed by atoms with E-state index < -0.39 is 16.0 Å². The number of benzene rings is 1. The zero-order chi connectivity index (χ0) is 15.5. The van der Waals surface area contributed by atoms with E-state index in [1.165, 1.54) is 37.6 Å². The van der Waals surface area contributed by atoms with Gasteiger partial charge < -0.3 is 4.74 Å². The van der Waals surface area contributed by atoms with Crippen molar-refractivity contribution >= 4 is 37.6 Å². The fraction of sp³-hybridized carbons (Fsp3) is 0.0769. The number of methoxy groups -OCH3 is 1. The molecule has 1 aromatic heterocycles. The number of nitrogens with one attached hydrogen (secondary N) is 1. The summed E-state index contributed by atoms with van der Waals surface area (Å²) in [7, 11) is -2.51. The summed E-state index contributed by atoms with van der Waals surface area (Å²) in [5, 5.41) is -0.0889. The monoisotopic (exact) mass is 370 g/mol. The Morgan fingerprint density at radius 1 is 1.29 bits per heavy atom. The third-order valence-electron chi connectivity index (χ3n) is 2.55. The Morgan fingerprint density at radius 2 is 2.05 bits per heavy atom. The van der Waals surface area contributed by atoms with Gasteiger partial charge in [-0.25, -0.2) is 9.78 Å². The second-order valence-electron chi connectivity index (χ2n) is 3.96. The second kappa shape index (κ2) is 6.23. The van der Waals surface area contributed by atoms with Crippen LogP contribution in [-0.4, -0.2) is 26.5 Å². The largest absolute Gasteiger partial charge is 0.465 e. The number of hydrogen-bond acceptors (Lipinski definition) is 5. The lowest BCUT2D eigenvalue weighted by molar-refractivity contribution is 0.0600. The first-order valence-electron chi connectivity index (χ1n) is 5.76. The van der Waals surface area contributed by atoms with Crippen molar-refractivity contribution in [3.05, 3.63) is 52.6 Å². The van der Waals surface area contributed by atoms with Gasteiger partial charge in [-0.2, -0.15) is 8.42 Å². The quantitative estimate of drug-likeness (QED) is 0.835. The lowest BCUT2D eigenvalue weighted by atomic mass is 10.2. The summed E-state index contributed by atoms with van der Waals surface area (Å²) >= 11 is 3.21. The standard InChI is InChI=1S/C13H11BrN2O4S/c1-20-13(17)9-5-6-11(10(14)8-9)16-21(18,19)12-4-2-3-7-15-12/h2-8,16H,1H3. The summed E-state index contributed by atoms with van der Waals surface area (Å²) in [6.07, 6.45) is 1.39. The van der Waals surface area contributed by atoms with Crippen molar-refractivity contribution in [2.75, 3.05) is 11.8 Å². The smallest absolute Gasteiger partial charge is 0.337 e. The van der Waals surface area contributed by atoms with Crippen molar-refractivity contribution in [3.8, 4) is 0 Å². The molecule has 21 heavy (non-hydrogen) atoms. The summed E-state index contributed by atoms with van der Waals surface area (Å²) in [4.78, 5) is 15.2. The minimum absolute atomic E-state index is 0.0889. The Kier molecular flexibility index (Phi) is 4.59. The van der Waals surface area contributed by atoms with Crippen LogP contribution >= 0.6 is 15.9 Å². The van der Waals surface area contributed by atoms with E-state index in [-0.39, 0.29) is 5.03 Å². The Hall–Kier alpha value is -1.93. The Morgan fingerprint density at radius 3 is 2.62 bits per heavy atom. The summed E-state index contributed by atoms with van der Waals surface area (Å²) < 4.78 is 31.7. The molecular weight excluding hydrogens is 360 g/mol. The van der Waals surface area contributed by atoms with Gasteiger partial charge in [0, 0.05) is 10.7 Å². The molecule has 0 spiro atoms. The van der Waals surface area contributed by atoms with Gasteiger partial charge in [0.25, 0.3) is 10.0 Å². The maximum atomic E-state index is 12.1. The van der Waals surface area contributed by atoms with Crippen LogP contribution in [-0.2, 0) is 14.8 Å². The molecule has 8 heteroatoms. The maximum absolute atomic E-state index is 12.1. The van der Waals surface area contributed by atoms with Gasteiger partial charge in [-0.1, -0.05) is 6.07 Å². The summed E-state index contributed by atoms with van der Waals surface area (Å²) in [6.45, 7) is 0. The van der Waals surface area contributed by atoms with Crippen LogP contribution in [0.5, 0.6) is 0 Å². The lowest BCUT2D eigenvalue weighted by Crippen LogP contribution is -2.15. The molecule has 2 rings (SSSR count). The predicted molar refractivity (Wildman–Crippen MR) is 80.5 cm³/mol. The molecule has 0 atom stereocenters. The Bertz CT molecular complexity index is 763. The van der Waals surface area contributed by atoms with E-state index in [0.717, 1.165) is 0 Å². The van der Waals surface area contributed by atoms with Crippen molar-refractivity contribution in [2.45, 2.75) is 5.03 Å². The third-order valence-corrected chi connectivity index (χ3v) is 4.48. The summed E-state index contributed by atoms with van der Waals surface area (Å²) in [6, 6.07) is 9.00. The Balaban J connectivity index is 2.30. The number of carbonyl (C=O) groups excluding carboxylic acids is 1. The fourth-order valence-electron chi connectivity index (χ4n) is 1.55. The van der Waals surface area contributed by atoms with E-state index in [2.05, 4.69) is 30.4 Å². The minimum Gasteiger partial charge on any atom is -0.465 e. The maximum Gasteiger partial charge on any atom is 0.337 e. The van der Waals surface area contributed by atoms with Crippen LogP contribution in [0.1, 0.15) is 10.4 Å². The zero-order valence-corrected chi connectivity index (χ0v) is 13.3. The number of pyridine rings is 1. The number of carbonyl (C=O) groups is 1. The molecule has 0 saturated carbocycles. The van der Waals surface area contributed by atoms with E-state index >= 15 is 0 Å². The summed E-state index contributed by atoms with van der Waals surface area (Å²) in [5.41, 5.74) is 0.610. The molecule has 1 N–H and O–H groups in total. The number of ether oxygens (including phenoxy) is 1. The van der Waals surface area contributed by atoms with Gasteiger partial charge in [0.1, 0.15) is 0 Å². The number of sulfonamides is 1. The van der Waals surface area contributed by atoms with Gasteiger partial charge in [0.15, 0.2) is 5.03 Å². The minimum atomic E-state index is -3.78. The van der Waals surface area contributed by atoms with Crippen LogP contribution in [0.15, 0.2) is 52.1 Å². The molecule has 0 saturated heterocycles. The molecule has 0 bridgehead atoms. The van der Waals surface area contributed by atoms with Gasteiger partial charge in [-0.05, 0) is 46.3 Å². The molecule has 6 nitrogen and oxygen atoms in total. The highest BCUT2D eigenvalue weighted by Crippen LogP contribution is 2.26. The van der Waals surface area contributed by atoms with Gasteiger partial charge >= 0.3 is 5.97 Å². The third kappa shape index (κ3) is 3.59. The number of anilines is 1. The molecule has 0 aliphatic carbocycles. The molecule has 0 radical (unpaired) electrons. The van der Waals surface area contributed by atoms with Gasteiger partial charge in [0.05, 0.1) is 18.4 Å². The molecule has 0 unspecified atom stereocenters. The number of hydrogen-bond donors (Lipinski definition) is 1. The van der Waals surface area contributed by atoms with Crippen LogP contribution in [0.25, 0.3) is 0 Å². The normalized spacial score (nSPS) is 11.0. The van der Waals surface area contributed by atoms with Gasteiger partial charge in [-0.3, -0.25) is 4.72 Å². The summed E-state index contributed by atoms with van der Waals surface area (Å²) in [5.74, 6) is -0.505. The zero-order valence-electron chi connectivity index (χ0n) is 10.9. The van der Waals surface area contributed by atoms with E-state index in [4.69, 9.17) is 0 Å². The molecular formula is C13H11BrN2O4S. The average Bonchev–Trinajstić information content (AvgIpc) is 2.49. The van der Waals surface area contributed by atoms with Crippen LogP contribution in [0.3, 0.4) is 0 Å². The molecule has 0 aliphatic heterocycles. The molecule has 1 heterocycles. The van der Waals surface area contributed by atoms with Crippen molar-refractivity contribution in [2.24, 2.45) is 0 Å². The fourth-order valence-corrected chi connectivity index (χ4v) is 3.18. The molecule has 1 aromatic carbocycles. The highest BCUT2D eigenvalue weighted by atomic mass is 79.9. The Labute approximate surface area is 130 Å². The predicted octanol–water partition coefficient (Wildman–Crippen LogP) is 2.43. The molecule has 0 amide bonds. The molecule has 0 aliphatic rings. The van der Waals surface area contributed by atoms with E-state index in [1.807, 2.05) is 0 Å². The van der Waals surface area contributed by atoms with Gasteiger partial charge in [-0.15, -0.1) is 0 Å². The first-order chi connectivity index (χ1) is 9.94. The van der Waals surface area contributed by atoms with Crippen LogP contribution in [0.2, 0.25) is 0 Å². The van der Waals surface area contributed by atoms with Crippen LogP contribution < -0.4 is 4.72 Å². The first kappa shape index (κ1) is 15.5. The highest BCUT2D eigenvalue weighted by Gasteiger charge is 2.17. The van der Waals surface area contributed by atoms with Crippen LogP contribution in [0, 0.1) is 0 Å². The van der Waals surface area contributed by atoms with Crippen molar-refractivity contribution in [1.82, 2.24) is 4.98 Å². The van der Waals surface area contributed by atoms with E-state index in [9.17, 15) is 13.2 Å². The molecule has 0 fully saturated rings. The van der Waals surface area contributed by atoms with Crippen molar-refractivity contribution in [3.63, 3.8) is 0 Å². The number of halogens is 1. The SMILES string of the molecule is COC(=O)c1ccc(NS(=O)(=O)c2ccccn2)c(Br)c1. The number of aromatic nitrogens is 1.